The van der Waals surface area contributed by atoms with Crippen molar-refractivity contribution in [2.24, 2.45) is 10.7 Å². The van der Waals surface area contributed by atoms with Gasteiger partial charge in [0.2, 0.25) is 0 Å². The fourth-order valence-electron chi connectivity index (χ4n) is 2.46. The van der Waals surface area contributed by atoms with Crippen molar-refractivity contribution in [2.45, 2.75) is 45.4 Å². The fourth-order valence-corrected chi connectivity index (χ4v) is 2.46. The Morgan fingerprint density at radius 3 is 2.91 bits per heavy atom. The molecule has 0 spiro atoms. The third-order valence-corrected chi connectivity index (χ3v) is 3.72. The summed E-state index contributed by atoms with van der Waals surface area (Å²) in [5.41, 5.74) is 8.34. The number of unbranched alkanes of at least 4 members (excludes halogenated alkanes) is 4. The topological polar surface area (TPSA) is 67.1 Å². The number of rotatable bonds is 9. The van der Waals surface area contributed by atoms with E-state index in [2.05, 4.69) is 28.0 Å². The number of benzene rings is 1. The minimum Gasteiger partial charge on any atom is -0.405 e. The maximum absolute atomic E-state index is 5.30. The number of aryl methyl sites for hydroxylation is 1. The lowest BCUT2D eigenvalue weighted by Crippen LogP contribution is -1.89. The Balaban J connectivity index is 1.95. The van der Waals surface area contributed by atoms with E-state index in [1.807, 2.05) is 24.4 Å². The lowest BCUT2D eigenvalue weighted by molar-refractivity contribution is 0.624. The first-order valence-corrected chi connectivity index (χ1v) is 8.38. The number of hydrogen-bond acceptors (Lipinski definition) is 3. The summed E-state index contributed by atoms with van der Waals surface area (Å²) in [6, 6.07) is 8.07. The van der Waals surface area contributed by atoms with Crippen LogP contribution in [-0.4, -0.2) is 16.2 Å². The van der Waals surface area contributed by atoms with Gasteiger partial charge < -0.3 is 10.7 Å². The first-order valence-electron chi connectivity index (χ1n) is 8.38. The number of nitrogens with one attached hydrogen (secondary N) is 1. The fraction of sp³-hybridized carbons (Fsp3) is 0.368. The molecule has 3 N–H and O–H groups in total. The SMILES string of the molecule is CCCCCCCc1ncc(-c2cccc(N=CC=CN)c2)[nH]1. The van der Waals surface area contributed by atoms with Gasteiger partial charge in [0.15, 0.2) is 0 Å². The molecule has 0 aliphatic carbocycles. The van der Waals surface area contributed by atoms with Gasteiger partial charge in [-0.05, 0) is 30.8 Å². The first kappa shape index (κ1) is 17.0. The van der Waals surface area contributed by atoms with E-state index >= 15 is 0 Å². The Kier molecular flexibility index (Phi) is 7.11. The molecule has 0 aliphatic rings. The molecule has 0 saturated carbocycles. The normalized spacial score (nSPS) is 11.7. The van der Waals surface area contributed by atoms with Crippen LogP contribution in [0.2, 0.25) is 0 Å². The molecule has 0 unspecified atom stereocenters. The molecule has 0 bridgehead atoms. The summed E-state index contributed by atoms with van der Waals surface area (Å²) in [6.45, 7) is 2.24. The van der Waals surface area contributed by atoms with Crippen LogP contribution >= 0.6 is 0 Å². The van der Waals surface area contributed by atoms with Gasteiger partial charge >= 0.3 is 0 Å². The van der Waals surface area contributed by atoms with Crippen LogP contribution in [0.5, 0.6) is 0 Å². The molecular weight excluding hydrogens is 284 g/mol. The second kappa shape index (κ2) is 9.62. The molecule has 2 aromatic rings. The molecule has 0 amide bonds. The molecule has 0 aliphatic heterocycles. The average Bonchev–Trinajstić information content (AvgIpc) is 3.04. The van der Waals surface area contributed by atoms with Gasteiger partial charge in [-0.2, -0.15) is 0 Å². The Morgan fingerprint density at radius 2 is 2.09 bits per heavy atom. The number of aromatic amines is 1. The van der Waals surface area contributed by atoms with Gasteiger partial charge in [0.1, 0.15) is 5.82 Å². The van der Waals surface area contributed by atoms with Crippen LogP contribution in [0.4, 0.5) is 5.69 Å². The predicted octanol–water partition coefficient (Wildman–Crippen LogP) is 4.76. The van der Waals surface area contributed by atoms with Crippen molar-refractivity contribution in [2.75, 3.05) is 0 Å². The first-order chi connectivity index (χ1) is 11.3. The van der Waals surface area contributed by atoms with Crippen molar-refractivity contribution in [3.63, 3.8) is 0 Å². The molecule has 0 atom stereocenters. The molecule has 4 nitrogen and oxygen atoms in total. The zero-order chi connectivity index (χ0) is 16.3. The van der Waals surface area contributed by atoms with Crippen LogP contribution in [0.3, 0.4) is 0 Å². The van der Waals surface area contributed by atoms with E-state index in [1.54, 1.807) is 12.3 Å². The number of nitrogens with zero attached hydrogens (tertiary/aromatic N) is 2. The van der Waals surface area contributed by atoms with Crippen LogP contribution in [0.1, 0.15) is 44.9 Å². The highest BCUT2D eigenvalue weighted by Crippen LogP contribution is 2.23. The minimum atomic E-state index is 0.899. The van der Waals surface area contributed by atoms with Crippen molar-refractivity contribution in [1.82, 2.24) is 9.97 Å². The van der Waals surface area contributed by atoms with Crippen molar-refractivity contribution in [3.05, 3.63) is 48.6 Å². The summed E-state index contributed by atoms with van der Waals surface area (Å²) in [5.74, 6) is 1.07. The number of allylic oxidation sites excluding steroid dienone is 1. The smallest absolute Gasteiger partial charge is 0.106 e. The molecule has 23 heavy (non-hydrogen) atoms. The van der Waals surface area contributed by atoms with Crippen LogP contribution < -0.4 is 5.73 Å². The lowest BCUT2D eigenvalue weighted by atomic mass is 10.1. The standard InChI is InChI=1S/C19H26N4/c1-2-3-4-5-6-11-19-22-15-18(23-19)16-9-7-10-17(14-16)21-13-8-12-20/h7-10,12-15H,2-6,11,20H2,1H3,(H,22,23). The predicted molar refractivity (Wildman–Crippen MR) is 98.0 cm³/mol. The molecular formula is C19H26N4. The van der Waals surface area contributed by atoms with Crippen molar-refractivity contribution >= 4 is 11.9 Å². The highest BCUT2D eigenvalue weighted by molar-refractivity contribution is 5.75. The maximum atomic E-state index is 5.30. The highest BCUT2D eigenvalue weighted by Gasteiger charge is 2.04. The zero-order valence-corrected chi connectivity index (χ0v) is 13.8. The number of nitrogens with two attached hydrogens (primary N) is 1. The summed E-state index contributed by atoms with van der Waals surface area (Å²) < 4.78 is 0. The number of H-pyrrole nitrogens is 1. The van der Waals surface area contributed by atoms with Crippen molar-refractivity contribution < 1.29 is 0 Å². The van der Waals surface area contributed by atoms with Crippen LogP contribution in [0.15, 0.2) is 47.7 Å². The molecule has 0 fully saturated rings. The lowest BCUT2D eigenvalue weighted by Gasteiger charge is -2.00. The second-order valence-corrected chi connectivity index (χ2v) is 5.62. The largest absolute Gasteiger partial charge is 0.405 e. The summed E-state index contributed by atoms with van der Waals surface area (Å²) >= 11 is 0. The minimum absolute atomic E-state index is 0.899. The Hall–Kier alpha value is -2.36. The summed E-state index contributed by atoms with van der Waals surface area (Å²) in [7, 11) is 0. The molecule has 1 heterocycles. The monoisotopic (exact) mass is 310 g/mol. The van der Waals surface area contributed by atoms with Gasteiger partial charge in [-0.15, -0.1) is 0 Å². The number of hydrogen-bond donors (Lipinski definition) is 2. The van der Waals surface area contributed by atoms with Gasteiger partial charge in [0.25, 0.3) is 0 Å². The molecule has 1 aromatic heterocycles. The van der Waals surface area contributed by atoms with E-state index < -0.39 is 0 Å². The van der Waals surface area contributed by atoms with Crippen LogP contribution in [0.25, 0.3) is 11.3 Å². The molecule has 2 rings (SSSR count). The van der Waals surface area contributed by atoms with Crippen molar-refractivity contribution in [3.8, 4) is 11.3 Å². The summed E-state index contributed by atoms with van der Waals surface area (Å²) in [5, 5.41) is 0. The van der Waals surface area contributed by atoms with Gasteiger partial charge in [-0.1, -0.05) is 44.7 Å². The number of aliphatic imine (C=N–C) groups is 1. The Labute approximate surface area is 138 Å². The van der Waals surface area contributed by atoms with Crippen molar-refractivity contribution in [1.29, 1.82) is 0 Å². The summed E-state index contributed by atoms with van der Waals surface area (Å²) in [6.07, 6.45) is 14.2. The quantitative estimate of drug-likeness (QED) is 0.518. The zero-order valence-electron chi connectivity index (χ0n) is 13.8. The molecule has 4 heteroatoms. The highest BCUT2D eigenvalue weighted by atomic mass is 14.9. The van der Waals surface area contributed by atoms with Gasteiger partial charge in [-0.3, -0.25) is 4.99 Å². The second-order valence-electron chi connectivity index (χ2n) is 5.62. The number of imidazole rings is 1. The van der Waals surface area contributed by atoms with E-state index in [9.17, 15) is 0 Å². The van der Waals surface area contributed by atoms with E-state index in [1.165, 1.54) is 38.3 Å². The Morgan fingerprint density at radius 1 is 1.22 bits per heavy atom. The van der Waals surface area contributed by atoms with E-state index in [0.717, 1.165) is 29.2 Å². The summed E-state index contributed by atoms with van der Waals surface area (Å²) in [4.78, 5) is 12.3. The molecule has 0 saturated heterocycles. The maximum Gasteiger partial charge on any atom is 0.106 e. The molecule has 122 valence electrons. The van der Waals surface area contributed by atoms with E-state index in [-0.39, 0.29) is 0 Å². The van der Waals surface area contributed by atoms with E-state index in [0.29, 0.717) is 0 Å². The van der Waals surface area contributed by atoms with Gasteiger partial charge in [0.05, 0.1) is 17.6 Å². The van der Waals surface area contributed by atoms with Crippen LogP contribution in [-0.2, 0) is 6.42 Å². The third kappa shape index (κ3) is 5.74. The number of aromatic nitrogens is 2. The molecule has 0 radical (unpaired) electrons. The molecule has 1 aromatic carbocycles. The van der Waals surface area contributed by atoms with E-state index in [4.69, 9.17) is 5.73 Å². The Bertz CT molecular complexity index is 640. The van der Waals surface area contributed by atoms with Crippen LogP contribution in [0, 0.1) is 0 Å². The average molecular weight is 310 g/mol. The van der Waals surface area contributed by atoms with Gasteiger partial charge in [-0.25, -0.2) is 4.98 Å². The van der Waals surface area contributed by atoms with Gasteiger partial charge in [0, 0.05) is 18.2 Å². The third-order valence-electron chi connectivity index (χ3n) is 3.72.